The van der Waals surface area contributed by atoms with E-state index >= 15 is 0 Å². The normalized spacial score (nSPS) is 18.4. The highest BCUT2D eigenvalue weighted by atomic mass is 79.9. The molecule has 5 heterocycles. The largest absolute Gasteiger partial charge is 0.326 e. The highest BCUT2D eigenvalue weighted by Crippen LogP contribution is 2.41. The van der Waals surface area contributed by atoms with Crippen LogP contribution in [0.4, 0.5) is 5.82 Å². The Labute approximate surface area is 252 Å². The maximum Gasteiger partial charge on any atom is 0.248 e. The van der Waals surface area contributed by atoms with Crippen LogP contribution in [0.5, 0.6) is 0 Å². The average Bonchev–Trinajstić information content (AvgIpc) is 3.40. The fourth-order valence-corrected chi connectivity index (χ4v) is 6.30. The molecule has 42 heavy (non-hydrogen) atoms. The minimum absolute atomic E-state index is 0.165. The summed E-state index contributed by atoms with van der Waals surface area (Å²) in [4.78, 5) is 46.2. The molecule has 0 spiro atoms. The quantitative estimate of drug-likeness (QED) is 0.306. The van der Waals surface area contributed by atoms with Gasteiger partial charge in [0.25, 0.3) is 0 Å². The van der Waals surface area contributed by atoms with Crippen molar-refractivity contribution in [2.24, 2.45) is 5.41 Å². The van der Waals surface area contributed by atoms with Gasteiger partial charge in [-0.1, -0.05) is 19.9 Å². The summed E-state index contributed by atoms with van der Waals surface area (Å²) in [5.41, 5.74) is 1.90. The number of halogens is 1. The summed E-state index contributed by atoms with van der Waals surface area (Å²) >= 11 is 3.33. The Morgan fingerprint density at radius 3 is 2.48 bits per heavy atom. The molecule has 14 heteroatoms. The molecule has 4 aromatic rings. The molecule has 1 aliphatic heterocycles. The van der Waals surface area contributed by atoms with E-state index in [9.17, 15) is 18.0 Å². The van der Waals surface area contributed by atoms with E-state index in [1.54, 1.807) is 36.4 Å². The smallest absolute Gasteiger partial charge is 0.248 e. The molecule has 4 aromatic heterocycles. The molecule has 0 unspecified atom stereocenters. The molecular weight excluding hydrogens is 624 g/mol. The van der Waals surface area contributed by atoms with Gasteiger partial charge in [0.1, 0.15) is 28.8 Å². The molecule has 0 aliphatic carbocycles. The molecule has 0 radical (unpaired) electrons. The third kappa shape index (κ3) is 5.64. The summed E-state index contributed by atoms with van der Waals surface area (Å²) in [5, 5.41) is 7.38. The lowest BCUT2D eigenvalue weighted by atomic mass is 9.84. The number of aryl methyl sites for hydroxylation is 2. The van der Waals surface area contributed by atoms with Gasteiger partial charge in [-0.05, 0) is 66.2 Å². The highest BCUT2D eigenvalue weighted by molar-refractivity contribution is 9.10. The Morgan fingerprint density at radius 1 is 1.12 bits per heavy atom. The molecule has 12 nitrogen and oxygen atoms in total. The lowest BCUT2D eigenvalue weighted by Crippen LogP contribution is -2.48. The van der Waals surface area contributed by atoms with E-state index in [0.29, 0.717) is 44.8 Å². The topological polar surface area (TPSA) is 153 Å². The van der Waals surface area contributed by atoms with Crippen LogP contribution in [0.1, 0.15) is 38.6 Å². The molecule has 0 aromatic carbocycles. The van der Waals surface area contributed by atoms with Gasteiger partial charge in [0.2, 0.25) is 11.8 Å². The van der Waals surface area contributed by atoms with Crippen molar-refractivity contribution >= 4 is 54.3 Å². The highest BCUT2D eigenvalue weighted by Gasteiger charge is 2.49. The predicted octanol–water partition coefficient (Wildman–Crippen LogP) is 3.72. The Balaban J connectivity index is 1.49. The maximum absolute atomic E-state index is 13.9. The molecule has 220 valence electrons. The lowest BCUT2D eigenvalue weighted by Gasteiger charge is -2.31. The number of aromatic nitrogens is 6. The van der Waals surface area contributed by atoms with Crippen molar-refractivity contribution in [3.63, 3.8) is 0 Å². The Morgan fingerprint density at radius 2 is 1.81 bits per heavy atom. The molecule has 1 fully saturated rings. The Kier molecular flexibility index (Phi) is 7.64. The van der Waals surface area contributed by atoms with E-state index in [1.807, 2.05) is 33.8 Å². The molecule has 1 saturated heterocycles. The van der Waals surface area contributed by atoms with Crippen molar-refractivity contribution in [3.8, 4) is 11.3 Å². The van der Waals surface area contributed by atoms with Gasteiger partial charge in [-0.3, -0.25) is 19.3 Å². The number of sulfone groups is 1. The minimum Gasteiger partial charge on any atom is -0.326 e. The average molecular weight is 656 g/mol. The van der Waals surface area contributed by atoms with Crippen molar-refractivity contribution in [2.75, 3.05) is 11.6 Å². The zero-order valence-electron chi connectivity index (χ0n) is 24.1. The SMILES string of the molecule is Cc1ncc(-c2cc3c(S(C)(=O)=O)nn(CC(=O)N4[C@H](C(=O)Nc5nc(Br)ccc5C)CC(C)(C)[C@H]4C)c3cn2)cn1. The number of nitrogens with one attached hydrogen (secondary N) is 1. The van der Waals surface area contributed by atoms with Gasteiger partial charge in [-0.25, -0.2) is 23.4 Å². The van der Waals surface area contributed by atoms with Gasteiger partial charge in [0.15, 0.2) is 14.9 Å². The van der Waals surface area contributed by atoms with E-state index in [4.69, 9.17) is 0 Å². The molecule has 2 atom stereocenters. The summed E-state index contributed by atoms with van der Waals surface area (Å²) < 4.78 is 27.4. The summed E-state index contributed by atoms with van der Waals surface area (Å²) in [6, 6.07) is 4.20. The number of anilines is 1. The molecule has 1 aliphatic rings. The third-order valence-corrected chi connectivity index (χ3v) is 9.26. The number of amides is 2. The number of rotatable bonds is 6. The van der Waals surface area contributed by atoms with Crippen LogP contribution in [0, 0.1) is 19.3 Å². The number of hydrogen-bond acceptors (Lipinski definition) is 9. The summed E-state index contributed by atoms with van der Waals surface area (Å²) in [6.07, 6.45) is 6.22. The van der Waals surface area contributed by atoms with Gasteiger partial charge in [0.05, 0.1) is 17.4 Å². The molecule has 0 saturated carbocycles. The second-order valence-corrected chi connectivity index (χ2v) is 14.1. The van der Waals surface area contributed by atoms with Crippen LogP contribution in [-0.2, 0) is 26.0 Å². The first-order chi connectivity index (χ1) is 19.7. The second kappa shape index (κ2) is 10.8. The number of carbonyl (C=O) groups is 2. The summed E-state index contributed by atoms with van der Waals surface area (Å²) in [6.45, 7) is 9.26. The van der Waals surface area contributed by atoms with Crippen LogP contribution < -0.4 is 5.32 Å². The third-order valence-electron chi connectivity index (χ3n) is 7.81. The van der Waals surface area contributed by atoms with Gasteiger partial charge in [-0.2, -0.15) is 5.10 Å². The van der Waals surface area contributed by atoms with E-state index in [1.165, 1.54) is 10.9 Å². The van der Waals surface area contributed by atoms with Crippen LogP contribution >= 0.6 is 15.9 Å². The summed E-state index contributed by atoms with van der Waals surface area (Å²) in [7, 11) is -3.76. The van der Waals surface area contributed by atoms with Gasteiger partial charge in [-0.15, -0.1) is 0 Å². The van der Waals surface area contributed by atoms with Crippen LogP contribution in [0.25, 0.3) is 22.2 Å². The molecule has 5 rings (SSSR count). The van der Waals surface area contributed by atoms with Gasteiger partial charge < -0.3 is 10.2 Å². The van der Waals surface area contributed by atoms with Crippen molar-refractivity contribution in [2.45, 2.75) is 64.7 Å². The molecule has 1 N–H and O–H groups in total. The number of fused-ring (bicyclic) bond motifs is 1. The Hall–Kier alpha value is -3.78. The Bertz CT molecular complexity index is 1820. The van der Waals surface area contributed by atoms with E-state index in [2.05, 4.69) is 46.3 Å². The molecular formula is C28H31BrN8O4S. The predicted molar refractivity (Wildman–Crippen MR) is 160 cm³/mol. The van der Waals surface area contributed by atoms with Crippen LogP contribution in [0.3, 0.4) is 0 Å². The fourth-order valence-electron chi connectivity index (χ4n) is 5.18. The monoisotopic (exact) mass is 654 g/mol. The van der Waals surface area contributed by atoms with E-state index < -0.39 is 15.9 Å². The number of likely N-dealkylation sites (tertiary alicyclic amines) is 1. The zero-order valence-corrected chi connectivity index (χ0v) is 26.5. The zero-order chi connectivity index (χ0) is 30.6. The van der Waals surface area contributed by atoms with E-state index in [-0.39, 0.29) is 34.8 Å². The van der Waals surface area contributed by atoms with Crippen LogP contribution in [0.2, 0.25) is 0 Å². The molecule has 0 bridgehead atoms. The van der Waals surface area contributed by atoms with Crippen molar-refractivity contribution in [3.05, 3.63) is 52.8 Å². The second-order valence-electron chi connectivity index (χ2n) is 11.3. The first kappa shape index (κ1) is 29.7. The number of carbonyl (C=O) groups excluding carboxylic acids is 2. The minimum atomic E-state index is -3.76. The van der Waals surface area contributed by atoms with E-state index in [0.717, 1.165) is 11.8 Å². The first-order valence-electron chi connectivity index (χ1n) is 13.3. The first-order valence-corrected chi connectivity index (χ1v) is 15.9. The van der Waals surface area contributed by atoms with Crippen molar-refractivity contribution in [1.82, 2.24) is 34.6 Å². The fraction of sp³-hybridized carbons (Fsp3) is 0.393. The summed E-state index contributed by atoms with van der Waals surface area (Å²) in [5.74, 6) is 0.295. The standard InChI is InChI=1S/C28H31BrN8O4S/c1-15-7-8-23(29)33-25(15)34-26(39)21-10-28(4,5)16(2)37(21)24(38)14-36-22-13-32-20(18-11-30-17(3)31-12-18)9-19(22)27(35-36)42(6,40)41/h7-9,11-13,16,21H,10,14H2,1-6H3,(H,33,34,39)/t16-,21+/m1/s1. The van der Waals surface area contributed by atoms with Gasteiger partial charge in [0, 0.05) is 35.6 Å². The number of hydrogen-bond donors (Lipinski definition) is 1. The molecule has 2 amide bonds. The maximum atomic E-state index is 13.9. The number of pyridine rings is 2. The van der Waals surface area contributed by atoms with Crippen molar-refractivity contribution in [1.29, 1.82) is 0 Å². The van der Waals surface area contributed by atoms with Crippen LogP contribution in [0.15, 0.2) is 46.4 Å². The van der Waals surface area contributed by atoms with Crippen molar-refractivity contribution < 1.29 is 18.0 Å². The number of nitrogens with zero attached hydrogens (tertiary/aromatic N) is 7. The lowest BCUT2D eigenvalue weighted by molar-refractivity contribution is -0.139. The van der Waals surface area contributed by atoms with Crippen LogP contribution in [-0.4, -0.2) is 73.2 Å². The van der Waals surface area contributed by atoms with Gasteiger partial charge >= 0.3 is 0 Å².